The number of pyridine rings is 2. The second kappa shape index (κ2) is 6.84. The first-order valence-electron chi connectivity index (χ1n) is 8.32. The van der Waals surface area contributed by atoms with Crippen LogP contribution in [0.5, 0.6) is 5.88 Å². The van der Waals surface area contributed by atoms with Crippen molar-refractivity contribution in [1.29, 1.82) is 0 Å². The molecule has 25 heavy (non-hydrogen) atoms. The number of ether oxygens (including phenoxy) is 2. The fourth-order valence-corrected chi connectivity index (χ4v) is 2.81. The second-order valence-corrected chi connectivity index (χ2v) is 6.98. The zero-order valence-electron chi connectivity index (χ0n) is 14.7. The number of nitrogens with one attached hydrogen (secondary N) is 1. The zero-order chi connectivity index (χ0) is 18.0. The van der Waals surface area contributed by atoms with Crippen LogP contribution in [0.4, 0.5) is 4.79 Å². The van der Waals surface area contributed by atoms with E-state index in [2.05, 4.69) is 15.3 Å². The summed E-state index contributed by atoms with van der Waals surface area (Å²) in [6.45, 7) is 4.12. The molecular weight excluding hydrogens is 322 g/mol. The maximum Gasteiger partial charge on any atom is 0.405 e. The van der Waals surface area contributed by atoms with Gasteiger partial charge in [-0.2, -0.15) is 0 Å². The van der Waals surface area contributed by atoms with E-state index in [1.54, 1.807) is 19.4 Å². The largest absolute Gasteiger partial charge is 0.481 e. The van der Waals surface area contributed by atoms with Gasteiger partial charge in [0.2, 0.25) is 5.88 Å². The molecule has 7 nitrogen and oxygen atoms in total. The molecule has 3 rings (SSSR count). The number of rotatable bonds is 7. The van der Waals surface area contributed by atoms with Crippen molar-refractivity contribution >= 4 is 17.1 Å². The van der Waals surface area contributed by atoms with Gasteiger partial charge in [0.15, 0.2) is 0 Å². The van der Waals surface area contributed by atoms with Crippen molar-refractivity contribution in [3.63, 3.8) is 0 Å². The Hall–Kier alpha value is -2.41. The van der Waals surface area contributed by atoms with Crippen molar-refractivity contribution in [3.8, 4) is 5.88 Å². The summed E-state index contributed by atoms with van der Waals surface area (Å²) < 4.78 is 11.2. The molecule has 0 atom stereocenters. The maximum absolute atomic E-state index is 11.0. The standard InChI is InChI=1S/C18H23N3O4/c1-18(2,21-17(22)23)8-11-9-19-14-6-7-15(24-3)20-16(14)13(11)10-25-12-4-5-12/h6-7,9,12,21H,4-5,8,10H2,1-3H3,(H,22,23). The number of amides is 1. The first-order chi connectivity index (χ1) is 11.9. The van der Waals surface area contributed by atoms with Crippen LogP contribution in [0.25, 0.3) is 11.0 Å². The van der Waals surface area contributed by atoms with E-state index < -0.39 is 11.6 Å². The Labute approximate surface area is 146 Å². The van der Waals surface area contributed by atoms with Crippen LogP contribution in [0.1, 0.15) is 37.8 Å². The molecule has 1 amide bonds. The van der Waals surface area contributed by atoms with Gasteiger partial charge in [0.05, 0.1) is 30.9 Å². The van der Waals surface area contributed by atoms with Crippen LogP contribution in [0, 0.1) is 0 Å². The molecule has 1 fully saturated rings. The summed E-state index contributed by atoms with van der Waals surface area (Å²) >= 11 is 0. The fraction of sp³-hybridized carbons (Fsp3) is 0.500. The van der Waals surface area contributed by atoms with Crippen molar-refractivity contribution in [2.75, 3.05) is 7.11 Å². The minimum absolute atomic E-state index is 0.312. The fourth-order valence-electron chi connectivity index (χ4n) is 2.81. The van der Waals surface area contributed by atoms with Crippen LogP contribution in [-0.2, 0) is 17.8 Å². The number of fused-ring (bicyclic) bond motifs is 1. The minimum atomic E-state index is -1.05. The first kappa shape index (κ1) is 17.4. The van der Waals surface area contributed by atoms with Gasteiger partial charge in [0.25, 0.3) is 0 Å². The Morgan fingerprint density at radius 3 is 2.80 bits per heavy atom. The lowest BCUT2D eigenvalue weighted by Crippen LogP contribution is -2.44. The van der Waals surface area contributed by atoms with E-state index in [0.717, 1.165) is 35.0 Å². The predicted octanol–water partition coefficient (Wildman–Crippen LogP) is 2.91. The van der Waals surface area contributed by atoms with Gasteiger partial charge in [0, 0.05) is 23.4 Å². The van der Waals surface area contributed by atoms with Gasteiger partial charge in [-0.3, -0.25) is 4.98 Å². The van der Waals surface area contributed by atoms with Crippen molar-refractivity contribution in [2.45, 2.75) is 51.4 Å². The number of hydrogen-bond acceptors (Lipinski definition) is 5. The van der Waals surface area contributed by atoms with E-state index >= 15 is 0 Å². The van der Waals surface area contributed by atoms with E-state index in [1.807, 2.05) is 19.9 Å². The Balaban J connectivity index is 1.99. The lowest BCUT2D eigenvalue weighted by atomic mass is 9.92. The van der Waals surface area contributed by atoms with Crippen molar-refractivity contribution in [2.24, 2.45) is 0 Å². The molecule has 0 saturated heterocycles. The molecule has 1 aliphatic carbocycles. The number of carboxylic acid groups (broad SMARTS) is 1. The average molecular weight is 345 g/mol. The molecule has 0 bridgehead atoms. The monoisotopic (exact) mass is 345 g/mol. The summed E-state index contributed by atoms with van der Waals surface area (Å²) in [6.07, 6.45) is 3.71. The third-order valence-corrected chi connectivity index (χ3v) is 4.16. The van der Waals surface area contributed by atoms with Gasteiger partial charge in [0.1, 0.15) is 0 Å². The first-order valence-corrected chi connectivity index (χ1v) is 8.32. The zero-order valence-corrected chi connectivity index (χ0v) is 14.7. The van der Waals surface area contributed by atoms with E-state index in [-0.39, 0.29) is 0 Å². The van der Waals surface area contributed by atoms with Crippen LogP contribution in [-0.4, -0.2) is 39.9 Å². The van der Waals surface area contributed by atoms with Gasteiger partial charge in [-0.05, 0) is 44.7 Å². The molecule has 134 valence electrons. The molecule has 0 radical (unpaired) electrons. The smallest absolute Gasteiger partial charge is 0.405 e. The number of carbonyl (C=O) groups is 1. The van der Waals surface area contributed by atoms with E-state index in [9.17, 15) is 4.79 Å². The van der Waals surface area contributed by atoms with Crippen LogP contribution < -0.4 is 10.1 Å². The van der Waals surface area contributed by atoms with Crippen LogP contribution in [0.15, 0.2) is 18.3 Å². The lowest BCUT2D eigenvalue weighted by molar-refractivity contribution is 0.106. The van der Waals surface area contributed by atoms with Crippen LogP contribution in [0.3, 0.4) is 0 Å². The molecule has 0 aliphatic heterocycles. The molecule has 7 heteroatoms. The van der Waals surface area contributed by atoms with Gasteiger partial charge in [-0.15, -0.1) is 0 Å². The van der Waals surface area contributed by atoms with Crippen molar-refractivity contribution in [3.05, 3.63) is 29.5 Å². The maximum atomic E-state index is 11.0. The molecular formula is C18H23N3O4. The highest BCUT2D eigenvalue weighted by Crippen LogP contribution is 2.29. The molecule has 1 saturated carbocycles. The van der Waals surface area contributed by atoms with E-state index in [1.165, 1.54) is 0 Å². The molecule has 2 aromatic rings. The SMILES string of the molecule is COc1ccc2ncc(CC(C)(C)NC(=O)O)c(COC3CC3)c2n1. The average Bonchev–Trinajstić information content (AvgIpc) is 3.35. The quantitative estimate of drug-likeness (QED) is 0.801. The summed E-state index contributed by atoms with van der Waals surface area (Å²) in [5, 5.41) is 11.6. The Morgan fingerprint density at radius 1 is 1.40 bits per heavy atom. The molecule has 0 unspecified atom stereocenters. The predicted molar refractivity (Wildman–Crippen MR) is 92.8 cm³/mol. The van der Waals surface area contributed by atoms with Crippen molar-refractivity contribution < 1.29 is 19.4 Å². The van der Waals surface area contributed by atoms with Crippen LogP contribution in [0.2, 0.25) is 0 Å². The Kier molecular flexibility index (Phi) is 4.76. The summed E-state index contributed by atoms with van der Waals surface area (Å²) in [5.74, 6) is 0.516. The minimum Gasteiger partial charge on any atom is -0.481 e. The second-order valence-electron chi connectivity index (χ2n) is 6.98. The summed E-state index contributed by atoms with van der Waals surface area (Å²) in [6, 6.07) is 3.64. The molecule has 1 aliphatic rings. The van der Waals surface area contributed by atoms with Gasteiger partial charge in [-0.25, -0.2) is 9.78 Å². The van der Waals surface area contributed by atoms with E-state index in [0.29, 0.717) is 25.0 Å². The third kappa shape index (κ3) is 4.36. The van der Waals surface area contributed by atoms with E-state index in [4.69, 9.17) is 14.6 Å². The van der Waals surface area contributed by atoms with Gasteiger partial charge in [-0.1, -0.05) is 0 Å². The van der Waals surface area contributed by atoms with Gasteiger partial charge >= 0.3 is 6.09 Å². The van der Waals surface area contributed by atoms with Crippen LogP contribution >= 0.6 is 0 Å². The summed E-state index contributed by atoms with van der Waals surface area (Å²) in [5.41, 5.74) is 2.74. The Morgan fingerprint density at radius 2 is 2.16 bits per heavy atom. The highest BCUT2D eigenvalue weighted by atomic mass is 16.5. The number of nitrogens with zero attached hydrogens (tertiary/aromatic N) is 2. The van der Waals surface area contributed by atoms with Gasteiger partial charge < -0.3 is 19.9 Å². The molecule has 2 heterocycles. The number of aromatic nitrogens is 2. The number of methoxy groups -OCH3 is 1. The Bertz CT molecular complexity index is 787. The van der Waals surface area contributed by atoms with Crippen molar-refractivity contribution in [1.82, 2.24) is 15.3 Å². The molecule has 2 aromatic heterocycles. The summed E-state index contributed by atoms with van der Waals surface area (Å²) in [7, 11) is 1.58. The summed E-state index contributed by atoms with van der Waals surface area (Å²) in [4.78, 5) is 20.0. The highest BCUT2D eigenvalue weighted by Gasteiger charge is 2.26. The topological polar surface area (TPSA) is 93.6 Å². The normalized spacial score (nSPS) is 14.5. The number of hydrogen-bond donors (Lipinski definition) is 2. The highest BCUT2D eigenvalue weighted by molar-refractivity contribution is 5.79. The lowest BCUT2D eigenvalue weighted by Gasteiger charge is -2.26. The third-order valence-electron chi connectivity index (χ3n) is 4.16. The molecule has 0 spiro atoms. The molecule has 0 aromatic carbocycles. The molecule has 2 N–H and O–H groups in total.